The van der Waals surface area contributed by atoms with Crippen LogP contribution in [0.25, 0.3) is 10.2 Å². The maximum Gasteiger partial charge on any atom is 0.229 e. The number of hydrogen-bond donors (Lipinski definition) is 0. The molecule has 0 saturated carbocycles. The minimum atomic E-state index is 0.0771. The molecular formula is C24H22ClN3OS2. The number of anilines is 1. The number of pyridine rings is 1. The molecule has 1 amide bonds. The van der Waals surface area contributed by atoms with Crippen LogP contribution in [0.2, 0.25) is 5.02 Å². The second-order valence-corrected chi connectivity index (χ2v) is 9.78. The van der Waals surface area contributed by atoms with E-state index in [1.807, 2.05) is 49.4 Å². The van der Waals surface area contributed by atoms with E-state index in [1.165, 1.54) is 16.2 Å². The van der Waals surface area contributed by atoms with E-state index in [4.69, 9.17) is 16.6 Å². The Kier molecular flexibility index (Phi) is 7.22. The van der Waals surface area contributed by atoms with Crippen molar-refractivity contribution in [2.45, 2.75) is 31.2 Å². The van der Waals surface area contributed by atoms with Crippen molar-refractivity contribution in [2.24, 2.45) is 0 Å². The Morgan fingerprint density at radius 2 is 1.90 bits per heavy atom. The number of thioether (sulfide) groups is 1. The maximum absolute atomic E-state index is 13.2. The van der Waals surface area contributed by atoms with Crippen molar-refractivity contribution in [3.63, 3.8) is 0 Å². The number of nitrogens with zero attached hydrogens (tertiary/aromatic N) is 3. The number of aryl methyl sites for hydroxylation is 1. The summed E-state index contributed by atoms with van der Waals surface area (Å²) in [6, 6.07) is 17.9. The molecule has 0 radical (unpaired) electrons. The number of rotatable bonds is 8. The van der Waals surface area contributed by atoms with Crippen molar-refractivity contribution in [2.75, 3.05) is 10.7 Å². The molecule has 0 atom stereocenters. The first kappa shape index (κ1) is 21.8. The van der Waals surface area contributed by atoms with E-state index in [9.17, 15) is 4.79 Å². The Balaban J connectivity index is 1.51. The second kappa shape index (κ2) is 10.3. The number of carbonyl (C=O) groups excluding carboxylic acids is 1. The molecular weight excluding hydrogens is 446 g/mol. The summed E-state index contributed by atoms with van der Waals surface area (Å²) in [6.45, 7) is 2.47. The van der Waals surface area contributed by atoms with Crippen LogP contribution in [0.5, 0.6) is 0 Å². The summed E-state index contributed by atoms with van der Waals surface area (Å²) in [5, 5.41) is 1.39. The third-order valence-corrected chi connectivity index (χ3v) is 7.15. The van der Waals surface area contributed by atoms with Gasteiger partial charge in [-0.1, -0.05) is 41.1 Å². The molecule has 2 aromatic carbocycles. The summed E-state index contributed by atoms with van der Waals surface area (Å²) in [7, 11) is 0. The molecule has 4 rings (SSSR count). The Morgan fingerprint density at radius 1 is 1.13 bits per heavy atom. The summed E-state index contributed by atoms with van der Waals surface area (Å²) in [6.07, 6.45) is 4.77. The van der Waals surface area contributed by atoms with Crippen molar-refractivity contribution < 1.29 is 4.79 Å². The van der Waals surface area contributed by atoms with Gasteiger partial charge in [-0.15, -0.1) is 11.8 Å². The SMILES string of the molecule is Cc1cc(Cl)cc2sc(N(Cc3ccncc3)C(=O)CCCSc3ccccc3)nc12. The van der Waals surface area contributed by atoms with Crippen LogP contribution in [-0.4, -0.2) is 21.6 Å². The highest BCUT2D eigenvalue weighted by Crippen LogP contribution is 2.34. The van der Waals surface area contributed by atoms with Crippen LogP contribution in [0.15, 0.2) is 71.9 Å². The van der Waals surface area contributed by atoms with E-state index in [2.05, 4.69) is 17.1 Å². The molecule has 2 heterocycles. The Labute approximate surface area is 195 Å². The van der Waals surface area contributed by atoms with Gasteiger partial charge in [-0.05, 0) is 66.6 Å². The fraction of sp³-hybridized carbons (Fsp3) is 0.208. The minimum Gasteiger partial charge on any atom is -0.284 e. The van der Waals surface area contributed by atoms with E-state index in [0.29, 0.717) is 23.1 Å². The number of thiazole rings is 1. The number of carbonyl (C=O) groups is 1. The van der Waals surface area contributed by atoms with Crippen molar-refractivity contribution in [1.82, 2.24) is 9.97 Å². The van der Waals surface area contributed by atoms with Gasteiger partial charge in [0.25, 0.3) is 0 Å². The Bertz CT molecular complexity index is 1170. The fourth-order valence-corrected chi connectivity index (χ4v) is 5.57. The van der Waals surface area contributed by atoms with Crippen LogP contribution >= 0.6 is 34.7 Å². The average Bonchev–Trinajstić information content (AvgIpc) is 3.20. The number of fused-ring (bicyclic) bond motifs is 1. The predicted molar refractivity (Wildman–Crippen MR) is 131 cm³/mol. The first-order valence-electron chi connectivity index (χ1n) is 10.0. The number of benzene rings is 2. The molecule has 0 aliphatic heterocycles. The Hall–Kier alpha value is -2.41. The van der Waals surface area contributed by atoms with Gasteiger partial charge in [-0.2, -0.15) is 0 Å². The van der Waals surface area contributed by atoms with Gasteiger partial charge in [0.15, 0.2) is 5.13 Å². The van der Waals surface area contributed by atoms with E-state index < -0.39 is 0 Å². The quantitative estimate of drug-likeness (QED) is 0.212. The van der Waals surface area contributed by atoms with Crippen LogP contribution < -0.4 is 4.90 Å². The predicted octanol–water partition coefficient (Wildman–Crippen LogP) is 6.76. The molecule has 4 aromatic rings. The molecule has 0 unspecified atom stereocenters. The van der Waals surface area contributed by atoms with Crippen molar-refractivity contribution in [3.05, 3.63) is 83.1 Å². The molecule has 0 aliphatic rings. The topological polar surface area (TPSA) is 46.1 Å². The smallest absolute Gasteiger partial charge is 0.229 e. The first-order valence-corrected chi connectivity index (χ1v) is 12.2. The van der Waals surface area contributed by atoms with Crippen molar-refractivity contribution in [1.29, 1.82) is 0 Å². The van der Waals surface area contributed by atoms with Crippen LogP contribution in [-0.2, 0) is 11.3 Å². The Morgan fingerprint density at radius 3 is 2.68 bits per heavy atom. The average molecular weight is 468 g/mol. The maximum atomic E-state index is 13.2. The number of hydrogen-bond acceptors (Lipinski definition) is 5. The summed E-state index contributed by atoms with van der Waals surface area (Å²) >= 11 is 9.51. The highest BCUT2D eigenvalue weighted by atomic mass is 35.5. The van der Waals surface area contributed by atoms with E-state index >= 15 is 0 Å². The van der Waals surface area contributed by atoms with Gasteiger partial charge >= 0.3 is 0 Å². The van der Waals surface area contributed by atoms with Crippen molar-refractivity contribution >= 4 is 56.0 Å². The standard InChI is InChI=1S/C24H22ClN3OS2/c1-17-14-19(25)15-21-23(17)27-24(31-21)28(16-18-9-11-26-12-10-18)22(29)8-5-13-30-20-6-3-2-4-7-20/h2-4,6-7,9-12,14-15H,5,8,13,16H2,1H3. The lowest BCUT2D eigenvalue weighted by Crippen LogP contribution is -2.30. The number of aromatic nitrogens is 2. The van der Waals surface area contributed by atoms with Gasteiger partial charge in [-0.3, -0.25) is 14.7 Å². The molecule has 0 N–H and O–H groups in total. The lowest BCUT2D eigenvalue weighted by Gasteiger charge is -2.20. The van der Waals surface area contributed by atoms with Crippen LogP contribution in [0, 0.1) is 6.92 Å². The third-order valence-electron chi connectivity index (χ3n) is 4.81. The molecule has 31 heavy (non-hydrogen) atoms. The minimum absolute atomic E-state index is 0.0771. The highest BCUT2D eigenvalue weighted by molar-refractivity contribution is 7.99. The monoisotopic (exact) mass is 467 g/mol. The molecule has 158 valence electrons. The van der Waals surface area contributed by atoms with Gasteiger partial charge in [0.05, 0.1) is 16.8 Å². The highest BCUT2D eigenvalue weighted by Gasteiger charge is 2.21. The largest absolute Gasteiger partial charge is 0.284 e. The van der Waals surface area contributed by atoms with Gasteiger partial charge < -0.3 is 0 Å². The summed E-state index contributed by atoms with van der Waals surface area (Å²) < 4.78 is 0.993. The zero-order chi connectivity index (χ0) is 21.6. The fourth-order valence-electron chi connectivity index (χ4n) is 3.26. The van der Waals surface area contributed by atoms with Gasteiger partial charge in [0, 0.05) is 28.7 Å². The van der Waals surface area contributed by atoms with Crippen LogP contribution in [0.1, 0.15) is 24.0 Å². The van der Waals surface area contributed by atoms with Gasteiger partial charge in [-0.25, -0.2) is 4.98 Å². The van der Waals surface area contributed by atoms with Crippen molar-refractivity contribution in [3.8, 4) is 0 Å². The lowest BCUT2D eigenvalue weighted by molar-refractivity contribution is -0.118. The summed E-state index contributed by atoms with van der Waals surface area (Å²) in [5.41, 5.74) is 2.94. The normalized spacial score (nSPS) is 11.0. The third kappa shape index (κ3) is 5.64. The van der Waals surface area contributed by atoms with E-state index in [1.54, 1.807) is 29.1 Å². The van der Waals surface area contributed by atoms with Crippen LogP contribution in [0.4, 0.5) is 5.13 Å². The number of amides is 1. The van der Waals surface area contributed by atoms with Gasteiger partial charge in [0.1, 0.15) is 0 Å². The summed E-state index contributed by atoms with van der Waals surface area (Å²) in [4.78, 5) is 25.1. The molecule has 0 fully saturated rings. The molecule has 0 bridgehead atoms. The van der Waals surface area contributed by atoms with E-state index in [-0.39, 0.29) is 5.91 Å². The van der Waals surface area contributed by atoms with Gasteiger partial charge in [0.2, 0.25) is 5.91 Å². The lowest BCUT2D eigenvalue weighted by atomic mass is 10.2. The zero-order valence-electron chi connectivity index (χ0n) is 17.1. The molecule has 7 heteroatoms. The molecule has 4 nitrogen and oxygen atoms in total. The molecule has 0 aliphatic carbocycles. The van der Waals surface area contributed by atoms with E-state index in [0.717, 1.165) is 33.5 Å². The molecule has 2 aromatic heterocycles. The zero-order valence-corrected chi connectivity index (χ0v) is 19.5. The summed E-state index contributed by atoms with van der Waals surface area (Å²) in [5.74, 6) is 0.973. The second-order valence-electron chi connectivity index (χ2n) is 7.17. The van der Waals surface area contributed by atoms with Crippen LogP contribution in [0.3, 0.4) is 0 Å². The first-order chi connectivity index (χ1) is 15.1. The number of halogens is 1. The molecule has 0 saturated heterocycles. The molecule has 0 spiro atoms.